The van der Waals surface area contributed by atoms with Gasteiger partial charge in [0.25, 0.3) is 0 Å². The molecule has 5 rings (SSSR count). The summed E-state index contributed by atoms with van der Waals surface area (Å²) >= 11 is 0. The van der Waals surface area contributed by atoms with Gasteiger partial charge in [0.05, 0.1) is 26.4 Å². The van der Waals surface area contributed by atoms with E-state index < -0.39 is 0 Å². The molecule has 2 aliphatic rings. The van der Waals surface area contributed by atoms with Crippen LogP contribution in [0.5, 0.6) is 11.5 Å². The van der Waals surface area contributed by atoms with Crippen LogP contribution in [0.1, 0.15) is 115 Å². The Kier molecular flexibility index (Phi) is 13.4. The molecule has 2 fully saturated rings. The first-order chi connectivity index (χ1) is 22.6. The fraction of sp³-hybridized carbons (Fsp3) is 0.600. The third-order valence-electron chi connectivity index (χ3n) is 9.85. The van der Waals surface area contributed by atoms with Gasteiger partial charge in [-0.2, -0.15) is 0 Å². The van der Waals surface area contributed by atoms with Gasteiger partial charge in [0, 0.05) is 34.4 Å². The average molecular weight is 631 g/mol. The van der Waals surface area contributed by atoms with Crippen molar-refractivity contribution in [3.63, 3.8) is 0 Å². The lowest BCUT2D eigenvalue weighted by atomic mass is 9.90. The first-order valence-electron chi connectivity index (χ1n) is 18.2. The molecule has 2 saturated carbocycles. The highest BCUT2D eigenvalue weighted by atomic mass is 16.5. The van der Waals surface area contributed by atoms with E-state index in [1.807, 2.05) is 12.1 Å². The van der Waals surface area contributed by atoms with Crippen LogP contribution in [-0.4, -0.2) is 38.4 Å². The molecule has 0 atom stereocenters. The Morgan fingerprint density at radius 3 is 1.59 bits per heavy atom. The van der Waals surface area contributed by atoms with Crippen LogP contribution < -0.4 is 9.47 Å². The summed E-state index contributed by atoms with van der Waals surface area (Å²) in [4.78, 5) is 24.6. The highest BCUT2D eigenvalue weighted by Crippen LogP contribution is 2.43. The number of benzene rings is 3. The molecule has 3 aromatic carbocycles. The van der Waals surface area contributed by atoms with E-state index in [1.165, 1.54) is 69.8 Å². The van der Waals surface area contributed by atoms with Crippen molar-refractivity contribution in [2.24, 2.45) is 11.8 Å². The van der Waals surface area contributed by atoms with Crippen LogP contribution in [0.2, 0.25) is 0 Å². The van der Waals surface area contributed by atoms with Crippen molar-refractivity contribution in [1.82, 2.24) is 0 Å². The summed E-state index contributed by atoms with van der Waals surface area (Å²) in [6.07, 6.45) is 17.2. The maximum Gasteiger partial charge on any atom is 0.305 e. The van der Waals surface area contributed by atoms with Crippen LogP contribution in [0.4, 0.5) is 0 Å². The highest BCUT2D eigenvalue weighted by molar-refractivity contribution is 6.11. The third-order valence-corrected chi connectivity index (χ3v) is 9.85. The number of carbonyl (C=O) groups excluding carboxylic acids is 2. The van der Waals surface area contributed by atoms with Crippen molar-refractivity contribution in [3.8, 4) is 11.5 Å². The van der Waals surface area contributed by atoms with Gasteiger partial charge >= 0.3 is 11.9 Å². The highest BCUT2D eigenvalue weighted by Gasteiger charge is 2.19. The molecule has 0 radical (unpaired) electrons. The zero-order chi connectivity index (χ0) is 32.0. The smallest absolute Gasteiger partial charge is 0.305 e. The lowest BCUT2D eigenvalue weighted by molar-refractivity contribution is -0.146. The van der Waals surface area contributed by atoms with E-state index in [9.17, 15) is 9.59 Å². The van der Waals surface area contributed by atoms with Crippen molar-refractivity contribution in [1.29, 1.82) is 0 Å². The molecule has 0 unspecified atom stereocenters. The minimum absolute atomic E-state index is 0.0908. The molecule has 0 bridgehead atoms. The number of hydrogen-bond acceptors (Lipinski definition) is 6. The summed E-state index contributed by atoms with van der Waals surface area (Å²) in [6, 6.07) is 14.8. The summed E-state index contributed by atoms with van der Waals surface area (Å²) in [7, 11) is 0. The maximum atomic E-state index is 12.3. The first kappa shape index (κ1) is 34.1. The first-order valence-corrected chi connectivity index (χ1v) is 18.2. The molecule has 6 nitrogen and oxygen atoms in total. The molecule has 2 aliphatic carbocycles. The molecule has 0 aliphatic heterocycles. The maximum absolute atomic E-state index is 12.3. The van der Waals surface area contributed by atoms with E-state index in [0.29, 0.717) is 51.1 Å². The number of rotatable bonds is 17. The molecule has 0 amide bonds. The van der Waals surface area contributed by atoms with Gasteiger partial charge in [0.1, 0.15) is 11.5 Å². The van der Waals surface area contributed by atoms with Gasteiger partial charge in [0.2, 0.25) is 0 Å². The number of ether oxygens (including phenoxy) is 4. The molecular formula is C40H54O6. The molecule has 0 heterocycles. The van der Waals surface area contributed by atoms with Crippen LogP contribution >= 0.6 is 0 Å². The van der Waals surface area contributed by atoms with Gasteiger partial charge in [-0.25, -0.2) is 0 Å². The number of hydrogen-bond donors (Lipinski definition) is 0. The molecule has 6 heteroatoms. The standard InChI is InChI=1S/C40H54O6/c1-2-30-23-24-35-36(27-30)40(44-26-14-12-22-38(42)46-29-32-17-7-4-8-18-32)34-20-10-9-19-33(34)39(35)43-25-13-11-21-37(41)45-28-31-15-5-3-6-16-31/h9-10,19-20,23-24,27,31-32H,2-8,11-18,21-22,25-26,28-29H2,1H3. The summed E-state index contributed by atoms with van der Waals surface area (Å²) in [5.74, 6) is 2.64. The Bertz CT molecular complexity index is 1400. The van der Waals surface area contributed by atoms with E-state index in [2.05, 4.69) is 37.3 Å². The van der Waals surface area contributed by atoms with Gasteiger partial charge in [-0.05, 0) is 81.3 Å². The second kappa shape index (κ2) is 18.2. The van der Waals surface area contributed by atoms with Gasteiger partial charge in [0.15, 0.2) is 0 Å². The zero-order valence-corrected chi connectivity index (χ0v) is 28.0. The Labute approximate surface area is 275 Å². The fourth-order valence-corrected chi connectivity index (χ4v) is 7.04. The number of esters is 2. The van der Waals surface area contributed by atoms with E-state index in [0.717, 1.165) is 65.1 Å². The minimum Gasteiger partial charge on any atom is -0.492 e. The zero-order valence-electron chi connectivity index (χ0n) is 28.0. The second-order valence-corrected chi connectivity index (χ2v) is 13.4. The summed E-state index contributed by atoms with van der Waals surface area (Å²) in [6.45, 7) is 4.38. The fourth-order valence-electron chi connectivity index (χ4n) is 7.04. The second-order valence-electron chi connectivity index (χ2n) is 13.4. The lowest BCUT2D eigenvalue weighted by Crippen LogP contribution is -2.16. The largest absolute Gasteiger partial charge is 0.492 e. The molecule has 250 valence electrons. The van der Waals surface area contributed by atoms with Gasteiger partial charge in [-0.3, -0.25) is 9.59 Å². The Morgan fingerprint density at radius 2 is 1.09 bits per heavy atom. The average Bonchev–Trinajstić information content (AvgIpc) is 3.10. The Morgan fingerprint density at radius 1 is 0.609 bits per heavy atom. The summed E-state index contributed by atoms with van der Waals surface area (Å²) in [5.41, 5.74) is 1.24. The van der Waals surface area contributed by atoms with Crippen molar-refractivity contribution < 1.29 is 28.5 Å². The summed E-state index contributed by atoms with van der Waals surface area (Å²) in [5, 5.41) is 4.12. The molecule has 0 saturated heterocycles. The minimum atomic E-state index is -0.0913. The van der Waals surface area contributed by atoms with E-state index in [1.54, 1.807) is 0 Å². The quantitative estimate of drug-likeness (QED) is 0.0840. The number of fused-ring (bicyclic) bond motifs is 2. The lowest BCUT2D eigenvalue weighted by Gasteiger charge is -2.21. The Balaban J connectivity index is 1.15. The normalized spacial score (nSPS) is 16.0. The van der Waals surface area contributed by atoms with Crippen LogP contribution in [0, 0.1) is 11.8 Å². The van der Waals surface area contributed by atoms with E-state index >= 15 is 0 Å². The number of unbranched alkanes of at least 4 members (excludes halogenated alkanes) is 2. The van der Waals surface area contributed by atoms with E-state index in [4.69, 9.17) is 18.9 Å². The Hall–Kier alpha value is -3.28. The van der Waals surface area contributed by atoms with Gasteiger partial charge in [-0.15, -0.1) is 0 Å². The monoisotopic (exact) mass is 630 g/mol. The van der Waals surface area contributed by atoms with Crippen LogP contribution in [0.15, 0.2) is 42.5 Å². The summed E-state index contributed by atoms with van der Waals surface area (Å²) < 4.78 is 24.1. The molecule has 0 N–H and O–H groups in total. The van der Waals surface area contributed by atoms with Crippen LogP contribution in [-0.2, 0) is 25.5 Å². The predicted octanol–water partition coefficient (Wildman–Crippen LogP) is 9.90. The van der Waals surface area contributed by atoms with Crippen LogP contribution in [0.3, 0.4) is 0 Å². The molecular weight excluding hydrogens is 576 g/mol. The molecule has 0 aromatic heterocycles. The third kappa shape index (κ3) is 9.86. The number of aryl methyl sites for hydroxylation is 1. The van der Waals surface area contributed by atoms with E-state index in [-0.39, 0.29) is 11.9 Å². The molecule has 3 aromatic rings. The van der Waals surface area contributed by atoms with Gasteiger partial charge in [-0.1, -0.05) is 81.8 Å². The predicted molar refractivity (Wildman–Crippen MR) is 185 cm³/mol. The van der Waals surface area contributed by atoms with Crippen molar-refractivity contribution in [3.05, 3.63) is 48.0 Å². The van der Waals surface area contributed by atoms with Gasteiger partial charge < -0.3 is 18.9 Å². The molecule has 0 spiro atoms. The van der Waals surface area contributed by atoms with Crippen molar-refractivity contribution >= 4 is 33.5 Å². The molecule has 46 heavy (non-hydrogen) atoms. The number of carbonyl (C=O) groups is 2. The topological polar surface area (TPSA) is 71.1 Å². The van der Waals surface area contributed by atoms with Crippen LogP contribution in [0.25, 0.3) is 21.5 Å². The van der Waals surface area contributed by atoms with Crippen molar-refractivity contribution in [2.75, 3.05) is 26.4 Å². The van der Waals surface area contributed by atoms with Crippen molar-refractivity contribution in [2.45, 2.75) is 116 Å². The SMILES string of the molecule is CCc1ccc2c(OCCCCC(=O)OCC3CCCCC3)c3ccccc3c(OCCCCC(=O)OCC3CCCCC3)c2c1.